The molecule has 0 aliphatic carbocycles. The lowest BCUT2D eigenvalue weighted by atomic mass is 9.97. The van der Waals surface area contributed by atoms with Crippen LogP contribution in [0, 0.1) is 12.8 Å². The fourth-order valence-electron chi connectivity index (χ4n) is 2.80. The highest BCUT2D eigenvalue weighted by Gasteiger charge is 2.27. The summed E-state index contributed by atoms with van der Waals surface area (Å²) in [5, 5.41) is 2.74. The van der Waals surface area contributed by atoms with Crippen molar-refractivity contribution in [3.63, 3.8) is 0 Å². The Morgan fingerprint density at radius 2 is 2.24 bits per heavy atom. The highest BCUT2D eigenvalue weighted by molar-refractivity contribution is 5.79. The molecule has 1 aliphatic rings. The summed E-state index contributed by atoms with van der Waals surface area (Å²) in [6.45, 7) is 5.66. The van der Waals surface area contributed by atoms with Gasteiger partial charge in [0.1, 0.15) is 17.5 Å². The Kier molecular flexibility index (Phi) is 4.98. The highest BCUT2D eigenvalue weighted by atomic mass is 16.1. The van der Waals surface area contributed by atoms with Gasteiger partial charge in [0.25, 0.3) is 0 Å². The first-order valence-electron chi connectivity index (χ1n) is 7.66. The minimum atomic E-state index is 0.0222. The molecule has 1 aromatic heterocycles. The second kappa shape index (κ2) is 6.74. The van der Waals surface area contributed by atoms with E-state index in [0.717, 1.165) is 49.4 Å². The molecule has 0 spiro atoms. The molecule has 1 amide bonds. The summed E-state index contributed by atoms with van der Waals surface area (Å²) in [4.78, 5) is 23.1. The third-order valence-electron chi connectivity index (χ3n) is 4.02. The molecule has 2 heterocycles. The highest BCUT2D eigenvalue weighted by Crippen LogP contribution is 2.27. The number of carbonyl (C=O) groups excluding carboxylic acids is 1. The number of hydrogen-bond donors (Lipinski definition) is 2. The lowest BCUT2D eigenvalue weighted by molar-refractivity contribution is -0.124. The van der Waals surface area contributed by atoms with Crippen molar-refractivity contribution in [3.8, 4) is 0 Å². The van der Waals surface area contributed by atoms with E-state index in [1.165, 1.54) is 0 Å². The summed E-state index contributed by atoms with van der Waals surface area (Å²) in [5.41, 5.74) is 6.93. The van der Waals surface area contributed by atoms with Gasteiger partial charge in [-0.1, -0.05) is 6.92 Å². The van der Waals surface area contributed by atoms with Gasteiger partial charge < -0.3 is 16.0 Å². The molecule has 21 heavy (non-hydrogen) atoms. The molecule has 0 radical (unpaired) electrons. The number of aromatic nitrogens is 2. The van der Waals surface area contributed by atoms with Crippen LogP contribution in [0.4, 0.5) is 11.6 Å². The predicted octanol–water partition coefficient (Wildman–Crippen LogP) is 1.28. The van der Waals surface area contributed by atoms with Crippen molar-refractivity contribution < 1.29 is 4.79 Å². The normalized spacial score (nSPS) is 18.6. The van der Waals surface area contributed by atoms with Gasteiger partial charge in [-0.05, 0) is 26.2 Å². The number of hydrogen-bond acceptors (Lipinski definition) is 5. The zero-order chi connectivity index (χ0) is 15.4. The number of amides is 1. The Morgan fingerprint density at radius 3 is 2.90 bits per heavy atom. The van der Waals surface area contributed by atoms with Crippen LogP contribution >= 0.6 is 0 Å². The Hall–Kier alpha value is -1.85. The molecular formula is C15H25N5O. The molecule has 6 heteroatoms. The molecule has 1 unspecified atom stereocenters. The Balaban J connectivity index is 2.25. The molecule has 1 saturated heterocycles. The van der Waals surface area contributed by atoms with Gasteiger partial charge >= 0.3 is 0 Å². The second-order valence-corrected chi connectivity index (χ2v) is 5.62. The van der Waals surface area contributed by atoms with Gasteiger partial charge in [-0.15, -0.1) is 0 Å². The van der Waals surface area contributed by atoms with Crippen LogP contribution in [-0.2, 0) is 11.2 Å². The standard InChI is InChI=1S/C15H25N5O/c1-4-6-12-18-13(16)10(2)14(19-12)20-8-5-7-11(9-20)15(21)17-3/h11H,4-9H2,1-3H3,(H,17,21)(H2,16,18,19). The van der Waals surface area contributed by atoms with Crippen molar-refractivity contribution in [2.75, 3.05) is 30.8 Å². The number of nitrogens with one attached hydrogen (secondary N) is 1. The summed E-state index contributed by atoms with van der Waals surface area (Å²) in [7, 11) is 1.69. The van der Waals surface area contributed by atoms with E-state index in [-0.39, 0.29) is 11.8 Å². The van der Waals surface area contributed by atoms with Crippen molar-refractivity contribution in [1.82, 2.24) is 15.3 Å². The molecule has 1 aromatic rings. The monoisotopic (exact) mass is 291 g/mol. The van der Waals surface area contributed by atoms with Gasteiger partial charge in [0, 0.05) is 32.1 Å². The van der Waals surface area contributed by atoms with Crippen molar-refractivity contribution in [2.24, 2.45) is 5.92 Å². The quantitative estimate of drug-likeness (QED) is 0.873. The van der Waals surface area contributed by atoms with E-state index in [0.29, 0.717) is 12.4 Å². The molecule has 3 N–H and O–H groups in total. The minimum Gasteiger partial charge on any atom is -0.383 e. The first-order valence-corrected chi connectivity index (χ1v) is 7.66. The number of aryl methyl sites for hydroxylation is 1. The van der Waals surface area contributed by atoms with Crippen LogP contribution in [0.5, 0.6) is 0 Å². The molecule has 6 nitrogen and oxygen atoms in total. The lowest BCUT2D eigenvalue weighted by Crippen LogP contribution is -2.43. The maximum absolute atomic E-state index is 11.9. The van der Waals surface area contributed by atoms with Crippen LogP contribution in [0.2, 0.25) is 0 Å². The van der Waals surface area contributed by atoms with Crippen molar-refractivity contribution in [3.05, 3.63) is 11.4 Å². The van der Waals surface area contributed by atoms with Gasteiger partial charge in [0.2, 0.25) is 5.91 Å². The molecular weight excluding hydrogens is 266 g/mol. The Labute approximate surface area is 126 Å². The predicted molar refractivity (Wildman–Crippen MR) is 84.2 cm³/mol. The van der Waals surface area contributed by atoms with E-state index in [9.17, 15) is 4.79 Å². The zero-order valence-electron chi connectivity index (χ0n) is 13.1. The van der Waals surface area contributed by atoms with Gasteiger partial charge in [0.15, 0.2) is 0 Å². The molecule has 1 fully saturated rings. The van der Waals surface area contributed by atoms with Crippen molar-refractivity contribution >= 4 is 17.5 Å². The fourth-order valence-corrected chi connectivity index (χ4v) is 2.80. The SMILES string of the molecule is CCCc1nc(N)c(C)c(N2CCCC(C(=O)NC)C2)n1. The number of nitrogen functional groups attached to an aromatic ring is 1. The molecule has 1 aliphatic heterocycles. The number of nitrogens with zero attached hydrogens (tertiary/aromatic N) is 3. The van der Waals surface area contributed by atoms with E-state index < -0.39 is 0 Å². The minimum absolute atomic E-state index is 0.0222. The van der Waals surface area contributed by atoms with Crippen LogP contribution in [0.15, 0.2) is 0 Å². The van der Waals surface area contributed by atoms with Crippen LogP contribution in [0.1, 0.15) is 37.6 Å². The topological polar surface area (TPSA) is 84.1 Å². The second-order valence-electron chi connectivity index (χ2n) is 5.62. The van der Waals surface area contributed by atoms with Crippen LogP contribution in [-0.4, -0.2) is 36.0 Å². The number of anilines is 2. The number of rotatable bonds is 4. The third kappa shape index (κ3) is 3.43. The van der Waals surface area contributed by atoms with Crippen LogP contribution in [0.25, 0.3) is 0 Å². The maximum Gasteiger partial charge on any atom is 0.224 e. The summed E-state index contributed by atoms with van der Waals surface area (Å²) >= 11 is 0. The first-order chi connectivity index (χ1) is 10.1. The number of nitrogens with two attached hydrogens (primary N) is 1. The van der Waals surface area contributed by atoms with Crippen LogP contribution < -0.4 is 16.0 Å². The molecule has 1 atom stereocenters. The Bertz CT molecular complexity index is 517. The molecule has 0 bridgehead atoms. The maximum atomic E-state index is 11.9. The average molecular weight is 291 g/mol. The molecule has 116 valence electrons. The van der Waals surface area contributed by atoms with Crippen molar-refractivity contribution in [1.29, 1.82) is 0 Å². The summed E-state index contributed by atoms with van der Waals surface area (Å²) in [5.74, 6) is 2.35. The molecule has 0 aromatic carbocycles. The lowest BCUT2D eigenvalue weighted by Gasteiger charge is -2.33. The summed E-state index contributed by atoms with van der Waals surface area (Å²) in [6, 6.07) is 0. The smallest absolute Gasteiger partial charge is 0.224 e. The fraction of sp³-hybridized carbons (Fsp3) is 0.667. The zero-order valence-corrected chi connectivity index (χ0v) is 13.1. The first kappa shape index (κ1) is 15.5. The van der Waals surface area contributed by atoms with Gasteiger partial charge in [-0.3, -0.25) is 4.79 Å². The summed E-state index contributed by atoms with van der Waals surface area (Å²) in [6.07, 6.45) is 3.73. The number of carbonyl (C=O) groups is 1. The molecule has 2 rings (SSSR count). The van der Waals surface area contributed by atoms with E-state index in [2.05, 4.69) is 27.1 Å². The van der Waals surface area contributed by atoms with Gasteiger partial charge in [0.05, 0.1) is 5.92 Å². The summed E-state index contributed by atoms with van der Waals surface area (Å²) < 4.78 is 0. The van der Waals surface area contributed by atoms with Crippen molar-refractivity contribution in [2.45, 2.75) is 39.5 Å². The third-order valence-corrected chi connectivity index (χ3v) is 4.02. The van der Waals surface area contributed by atoms with E-state index >= 15 is 0 Å². The Morgan fingerprint density at radius 1 is 1.48 bits per heavy atom. The van der Waals surface area contributed by atoms with Crippen LogP contribution in [0.3, 0.4) is 0 Å². The molecule has 0 saturated carbocycles. The van der Waals surface area contributed by atoms with E-state index in [4.69, 9.17) is 5.73 Å². The van der Waals surface area contributed by atoms with E-state index in [1.807, 2.05) is 6.92 Å². The number of piperidine rings is 1. The largest absolute Gasteiger partial charge is 0.383 e. The van der Waals surface area contributed by atoms with Gasteiger partial charge in [-0.25, -0.2) is 9.97 Å². The average Bonchev–Trinajstić information content (AvgIpc) is 2.50. The van der Waals surface area contributed by atoms with Gasteiger partial charge in [-0.2, -0.15) is 0 Å². The van der Waals surface area contributed by atoms with E-state index in [1.54, 1.807) is 7.05 Å².